The third-order valence-electron chi connectivity index (χ3n) is 4.17. The van der Waals surface area contributed by atoms with E-state index in [9.17, 15) is 18.4 Å². The van der Waals surface area contributed by atoms with Crippen molar-refractivity contribution in [2.24, 2.45) is 5.92 Å². The molecule has 1 heterocycles. The number of nitrogens with zero attached hydrogens (tertiary/aromatic N) is 1. The van der Waals surface area contributed by atoms with Crippen molar-refractivity contribution in [1.82, 2.24) is 10.0 Å². The summed E-state index contributed by atoms with van der Waals surface area (Å²) in [6.45, 7) is 0.790. The Hall–Kier alpha value is -2.17. The quantitative estimate of drug-likeness (QED) is 0.543. The van der Waals surface area contributed by atoms with E-state index in [-0.39, 0.29) is 10.1 Å². The van der Waals surface area contributed by atoms with Gasteiger partial charge in [-0.3, -0.25) is 10.0 Å². The average molecular weight is 427 g/mol. The molecule has 0 radical (unpaired) electrons. The van der Waals surface area contributed by atoms with E-state index >= 15 is 0 Å². The zero-order chi connectivity index (χ0) is 20.1. The Morgan fingerprint density at radius 1 is 1.07 bits per heavy atom. The number of benzene rings is 2. The van der Waals surface area contributed by atoms with Crippen molar-refractivity contribution in [1.29, 1.82) is 0 Å². The Morgan fingerprint density at radius 3 is 2.18 bits per heavy atom. The first kappa shape index (κ1) is 20.6. The SMILES string of the molecule is O=C(C1CCOCC1)N(O)NS(=O)(=O)c1ccc(Oc2ccc(Cl)cc2)cc1. The van der Waals surface area contributed by atoms with Crippen LogP contribution in [0.2, 0.25) is 5.02 Å². The Labute approximate surface area is 167 Å². The molecule has 1 amide bonds. The largest absolute Gasteiger partial charge is 0.457 e. The van der Waals surface area contributed by atoms with Crippen LogP contribution in [-0.2, 0) is 19.6 Å². The number of sulfonamides is 1. The number of halogens is 1. The van der Waals surface area contributed by atoms with E-state index in [0.717, 1.165) is 0 Å². The molecule has 0 aromatic heterocycles. The number of ether oxygens (including phenoxy) is 2. The maximum Gasteiger partial charge on any atom is 0.265 e. The molecule has 8 nitrogen and oxygen atoms in total. The number of nitrogens with one attached hydrogen (secondary N) is 1. The highest BCUT2D eigenvalue weighted by Crippen LogP contribution is 2.24. The van der Waals surface area contributed by atoms with E-state index in [1.54, 1.807) is 24.3 Å². The second-order valence-corrected chi connectivity index (χ2v) is 8.26. The fourth-order valence-electron chi connectivity index (χ4n) is 2.65. The lowest BCUT2D eigenvalue weighted by atomic mass is 10.00. The summed E-state index contributed by atoms with van der Waals surface area (Å²) in [5, 5.41) is 10.5. The molecule has 28 heavy (non-hydrogen) atoms. The minimum atomic E-state index is -4.14. The highest BCUT2D eigenvalue weighted by Gasteiger charge is 2.29. The first-order valence-corrected chi connectivity index (χ1v) is 10.4. The van der Waals surface area contributed by atoms with Crippen LogP contribution in [0.15, 0.2) is 53.4 Å². The molecule has 0 unspecified atom stereocenters. The van der Waals surface area contributed by atoms with Crippen LogP contribution in [0.1, 0.15) is 12.8 Å². The lowest BCUT2D eigenvalue weighted by Crippen LogP contribution is -2.47. The van der Waals surface area contributed by atoms with Gasteiger partial charge in [-0.05, 0) is 61.4 Å². The van der Waals surface area contributed by atoms with Gasteiger partial charge in [0, 0.05) is 24.2 Å². The summed E-state index contributed by atoms with van der Waals surface area (Å²) in [7, 11) is -4.14. The standard InChI is InChI=1S/C18H19ClN2O6S/c19-14-1-3-15(4-2-14)27-16-5-7-17(8-6-16)28(24,25)20-21(23)18(22)13-9-11-26-12-10-13/h1-8,13,20,23H,9-12H2. The van der Waals surface area contributed by atoms with Crippen LogP contribution in [0.5, 0.6) is 11.5 Å². The van der Waals surface area contributed by atoms with Crippen LogP contribution in [0, 0.1) is 5.92 Å². The molecule has 0 aliphatic carbocycles. The molecular weight excluding hydrogens is 408 g/mol. The van der Waals surface area contributed by atoms with Gasteiger partial charge in [-0.15, -0.1) is 5.17 Å². The normalized spacial score (nSPS) is 15.2. The molecule has 0 saturated carbocycles. The maximum absolute atomic E-state index is 12.4. The molecule has 0 spiro atoms. The van der Waals surface area contributed by atoms with Crippen molar-refractivity contribution < 1.29 is 27.9 Å². The lowest BCUT2D eigenvalue weighted by molar-refractivity contribution is -0.179. The second kappa shape index (κ2) is 8.89. The van der Waals surface area contributed by atoms with Crippen molar-refractivity contribution >= 4 is 27.5 Å². The lowest BCUT2D eigenvalue weighted by Gasteiger charge is -2.24. The van der Waals surface area contributed by atoms with Crippen molar-refractivity contribution in [3.05, 3.63) is 53.6 Å². The zero-order valence-corrected chi connectivity index (χ0v) is 16.3. The molecule has 1 aliphatic rings. The van der Waals surface area contributed by atoms with Gasteiger partial charge in [0.2, 0.25) is 0 Å². The molecule has 150 valence electrons. The molecule has 0 atom stereocenters. The first-order chi connectivity index (χ1) is 13.3. The Morgan fingerprint density at radius 2 is 1.61 bits per heavy atom. The van der Waals surface area contributed by atoms with E-state index in [1.165, 1.54) is 24.3 Å². The van der Waals surface area contributed by atoms with Crippen LogP contribution in [0.4, 0.5) is 0 Å². The first-order valence-electron chi connectivity index (χ1n) is 8.52. The van der Waals surface area contributed by atoms with Crippen molar-refractivity contribution in [2.75, 3.05) is 13.2 Å². The number of hydrogen-bond donors (Lipinski definition) is 2. The molecular formula is C18H19ClN2O6S. The fraction of sp³-hybridized carbons (Fsp3) is 0.278. The average Bonchev–Trinajstić information content (AvgIpc) is 2.70. The smallest absolute Gasteiger partial charge is 0.265 e. The van der Waals surface area contributed by atoms with Crippen molar-refractivity contribution in [3.63, 3.8) is 0 Å². The molecule has 2 N–H and O–H groups in total. The minimum absolute atomic E-state index is 0.0312. The molecule has 2 aromatic carbocycles. The molecule has 10 heteroatoms. The highest BCUT2D eigenvalue weighted by molar-refractivity contribution is 7.89. The van der Waals surface area contributed by atoms with E-state index in [0.29, 0.717) is 42.6 Å². The van der Waals surface area contributed by atoms with Crippen LogP contribution in [0.25, 0.3) is 0 Å². The minimum Gasteiger partial charge on any atom is -0.457 e. The molecule has 3 rings (SSSR count). The van der Waals surface area contributed by atoms with Gasteiger partial charge in [0.05, 0.1) is 4.90 Å². The Kier molecular flexibility index (Phi) is 6.53. The van der Waals surface area contributed by atoms with Gasteiger partial charge >= 0.3 is 0 Å². The van der Waals surface area contributed by atoms with Gasteiger partial charge in [-0.25, -0.2) is 8.42 Å². The van der Waals surface area contributed by atoms with Crippen LogP contribution < -0.4 is 9.57 Å². The zero-order valence-electron chi connectivity index (χ0n) is 14.7. The summed E-state index contributed by atoms with van der Waals surface area (Å²) in [5.74, 6) is -0.242. The van der Waals surface area contributed by atoms with Gasteiger partial charge in [0.25, 0.3) is 15.9 Å². The van der Waals surface area contributed by atoms with Crippen LogP contribution in [-0.4, -0.2) is 37.9 Å². The Bertz CT molecular complexity index is 912. The summed E-state index contributed by atoms with van der Waals surface area (Å²) in [4.78, 5) is 13.9. The summed E-state index contributed by atoms with van der Waals surface area (Å²) >= 11 is 5.82. The number of hydrazine groups is 1. The van der Waals surface area contributed by atoms with Gasteiger partial charge < -0.3 is 9.47 Å². The van der Waals surface area contributed by atoms with E-state index in [1.807, 2.05) is 4.83 Å². The molecule has 1 saturated heterocycles. The summed E-state index contributed by atoms with van der Waals surface area (Å²) in [6, 6.07) is 12.2. The molecule has 1 aliphatic heterocycles. The summed E-state index contributed by atoms with van der Waals surface area (Å²) < 4.78 is 35.5. The number of rotatable bonds is 6. The second-order valence-electron chi connectivity index (χ2n) is 6.16. The number of amides is 1. The monoisotopic (exact) mass is 426 g/mol. The molecule has 1 fully saturated rings. The van der Waals surface area contributed by atoms with E-state index in [4.69, 9.17) is 21.1 Å². The maximum atomic E-state index is 12.4. The third-order valence-corrected chi connectivity index (χ3v) is 5.73. The predicted molar refractivity (Wildman–Crippen MR) is 100 cm³/mol. The van der Waals surface area contributed by atoms with Gasteiger partial charge in [-0.1, -0.05) is 16.4 Å². The van der Waals surface area contributed by atoms with E-state index in [2.05, 4.69) is 0 Å². The van der Waals surface area contributed by atoms with Gasteiger partial charge in [-0.2, -0.15) is 0 Å². The topological polar surface area (TPSA) is 105 Å². The number of hydroxylamine groups is 1. The van der Waals surface area contributed by atoms with E-state index < -0.39 is 21.8 Å². The third kappa shape index (κ3) is 5.21. The molecule has 0 bridgehead atoms. The van der Waals surface area contributed by atoms with Crippen molar-refractivity contribution in [3.8, 4) is 11.5 Å². The summed E-state index contributed by atoms with van der Waals surface area (Å²) in [6.07, 6.45) is 0.850. The van der Waals surface area contributed by atoms with Gasteiger partial charge in [0.1, 0.15) is 11.5 Å². The highest BCUT2D eigenvalue weighted by atomic mass is 35.5. The van der Waals surface area contributed by atoms with Crippen LogP contribution in [0.3, 0.4) is 0 Å². The number of carbonyl (C=O) groups excluding carboxylic acids is 1. The van der Waals surface area contributed by atoms with Gasteiger partial charge in [0.15, 0.2) is 0 Å². The van der Waals surface area contributed by atoms with Crippen molar-refractivity contribution in [2.45, 2.75) is 17.7 Å². The summed E-state index contributed by atoms with van der Waals surface area (Å²) in [5.41, 5.74) is 0. The number of hydrogen-bond acceptors (Lipinski definition) is 6. The Balaban J connectivity index is 1.64. The predicted octanol–water partition coefficient (Wildman–Crippen LogP) is 2.97. The number of carbonyl (C=O) groups is 1. The molecule has 2 aromatic rings. The fourth-order valence-corrected chi connectivity index (χ4v) is 3.70. The van der Waals surface area contributed by atoms with Crippen LogP contribution >= 0.6 is 11.6 Å².